The second-order valence-corrected chi connectivity index (χ2v) is 14.2. The first kappa shape index (κ1) is 37.7. The molecule has 2 amide bonds. The standard InChI is InChI=1S/C40H44ClN5O7/c1-24-32-17-13-26-12-16-30(52-2)19-33(26)37(27-10-14-29(41)15-11-27)44-34(38(32)46-45-24)20-35(47)43-22-36(48)42-21-25-6-5-9-31(18-25)53-23-40(51,39(49)50)28-7-3-4-8-28/h5-6,9-12,14-16,18-19,28,32,34,51H,3-4,7-8,13,17,20-23H2,1-2H3,(H,42,48)(H,43,47)(H,49,50)/t32?,34-,40?/m0/s1. The highest BCUT2D eigenvalue weighted by Gasteiger charge is 2.46. The summed E-state index contributed by atoms with van der Waals surface area (Å²) in [7, 11) is 1.62. The summed E-state index contributed by atoms with van der Waals surface area (Å²) in [5.41, 5.74) is 3.79. The van der Waals surface area contributed by atoms with Crippen LogP contribution in [-0.2, 0) is 27.3 Å². The molecule has 278 valence electrons. The van der Waals surface area contributed by atoms with E-state index in [1.165, 1.54) is 0 Å². The second-order valence-electron chi connectivity index (χ2n) is 13.8. The molecule has 1 aliphatic carbocycles. The van der Waals surface area contributed by atoms with E-state index in [1.807, 2.05) is 37.3 Å². The average Bonchev–Trinajstić information content (AvgIpc) is 3.85. The molecule has 3 aliphatic rings. The monoisotopic (exact) mass is 741 g/mol. The molecule has 3 aromatic rings. The summed E-state index contributed by atoms with van der Waals surface area (Å²) < 4.78 is 11.3. The fourth-order valence-corrected chi connectivity index (χ4v) is 7.36. The van der Waals surface area contributed by atoms with Crippen LogP contribution in [0.15, 0.2) is 81.9 Å². The molecule has 0 spiro atoms. The van der Waals surface area contributed by atoms with Gasteiger partial charge in [-0.25, -0.2) is 4.79 Å². The molecule has 6 rings (SSSR count). The van der Waals surface area contributed by atoms with Gasteiger partial charge >= 0.3 is 5.97 Å². The van der Waals surface area contributed by atoms with Crippen molar-refractivity contribution in [1.82, 2.24) is 10.6 Å². The molecule has 4 N–H and O–H groups in total. The van der Waals surface area contributed by atoms with Crippen molar-refractivity contribution in [1.29, 1.82) is 0 Å². The minimum atomic E-state index is -1.97. The Kier molecular flexibility index (Phi) is 11.9. The fraction of sp³-hybridized carbons (Fsp3) is 0.400. The number of benzene rings is 3. The predicted molar refractivity (Wildman–Crippen MR) is 202 cm³/mol. The number of aliphatic imine (C=N–C) groups is 1. The normalized spacial score (nSPS) is 19.5. The molecule has 2 unspecified atom stereocenters. The van der Waals surface area contributed by atoms with E-state index >= 15 is 0 Å². The number of carboxylic acid groups (broad SMARTS) is 1. The van der Waals surface area contributed by atoms with Crippen molar-refractivity contribution < 1.29 is 34.1 Å². The fourth-order valence-electron chi connectivity index (χ4n) is 7.23. The summed E-state index contributed by atoms with van der Waals surface area (Å²) in [5, 5.41) is 35.6. The predicted octanol–water partition coefficient (Wildman–Crippen LogP) is 5.15. The van der Waals surface area contributed by atoms with Gasteiger partial charge in [0.1, 0.15) is 24.1 Å². The smallest absolute Gasteiger partial charge is 0.339 e. The molecule has 1 saturated carbocycles. The number of carboxylic acids is 1. The third-order valence-corrected chi connectivity index (χ3v) is 10.5. The molecule has 0 aromatic heterocycles. The van der Waals surface area contributed by atoms with E-state index in [1.54, 1.807) is 43.5 Å². The number of amides is 2. The lowest BCUT2D eigenvalue weighted by molar-refractivity contribution is -0.169. The number of carbonyl (C=O) groups is 3. The minimum absolute atomic E-state index is 0.0509. The summed E-state index contributed by atoms with van der Waals surface area (Å²) in [5.74, 6) is -1.45. The summed E-state index contributed by atoms with van der Waals surface area (Å²) in [6, 6.07) is 19.5. The third-order valence-electron chi connectivity index (χ3n) is 10.3. The Labute approximate surface area is 313 Å². The van der Waals surface area contributed by atoms with E-state index < -0.39 is 23.5 Å². The Balaban J connectivity index is 1.12. The highest BCUT2D eigenvalue weighted by atomic mass is 35.5. The van der Waals surface area contributed by atoms with E-state index in [0.29, 0.717) is 46.4 Å². The lowest BCUT2D eigenvalue weighted by Gasteiger charge is -2.29. The minimum Gasteiger partial charge on any atom is -0.497 e. The van der Waals surface area contributed by atoms with Gasteiger partial charge in [0, 0.05) is 40.2 Å². The number of carbonyl (C=O) groups excluding carboxylic acids is 2. The molecule has 0 bridgehead atoms. The number of methoxy groups -OCH3 is 1. The van der Waals surface area contributed by atoms with Crippen molar-refractivity contribution in [2.24, 2.45) is 27.0 Å². The molecule has 0 saturated heterocycles. The summed E-state index contributed by atoms with van der Waals surface area (Å²) in [6.07, 6.45) is 4.47. The van der Waals surface area contributed by atoms with Gasteiger partial charge in [0.05, 0.1) is 31.5 Å². The Morgan fingerprint density at radius 2 is 1.72 bits per heavy atom. The number of nitrogens with one attached hydrogen (secondary N) is 2. The van der Waals surface area contributed by atoms with Crippen molar-refractivity contribution >= 4 is 46.5 Å². The topological polar surface area (TPSA) is 171 Å². The van der Waals surface area contributed by atoms with Crippen molar-refractivity contribution in [3.63, 3.8) is 0 Å². The number of fused-ring (bicyclic) bond motifs is 2. The number of aliphatic hydroxyl groups is 1. The number of hydrogen-bond donors (Lipinski definition) is 4. The van der Waals surface area contributed by atoms with Crippen LogP contribution in [0.4, 0.5) is 0 Å². The van der Waals surface area contributed by atoms with Crippen molar-refractivity contribution in [2.75, 3.05) is 20.3 Å². The highest BCUT2D eigenvalue weighted by molar-refractivity contribution is 6.30. The Morgan fingerprint density at radius 1 is 0.943 bits per heavy atom. The summed E-state index contributed by atoms with van der Waals surface area (Å²) >= 11 is 6.24. The largest absolute Gasteiger partial charge is 0.497 e. The lowest BCUT2D eigenvalue weighted by Crippen LogP contribution is -2.50. The van der Waals surface area contributed by atoms with E-state index in [0.717, 1.165) is 48.1 Å². The van der Waals surface area contributed by atoms with Crippen LogP contribution >= 0.6 is 11.6 Å². The molecule has 53 heavy (non-hydrogen) atoms. The first-order chi connectivity index (χ1) is 25.5. The van der Waals surface area contributed by atoms with Crippen LogP contribution in [0.25, 0.3) is 0 Å². The summed E-state index contributed by atoms with van der Waals surface area (Å²) in [6.45, 7) is 1.45. The Hall–Kier alpha value is -5.07. The molecule has 2 aliphatic heterocycles. The van der Waals surface area contributed by atoms with Crippen LogP contribution in [0.5, 0.6) is 11.5 Å². The SMILES string of the molecule is COc1ccc2c(c1)C(c1ccc(Cl)cc1)=N[C@@H](CC(=O)NCC(=O)NCc1cccc(OCC(O)(C(=O)O)C3CCCC3)c1)C1=NN=C(C)C1CC2. The van der Waals surface area contributed by atoms with Crippen molar-refractivity contribution in [3.8, 4) is 11.5 Å². The molecular weight excluding hydrogens is 698 g/mol. The number of aryl methyl sites for hydroxylation is 1. The number of aliphatic carboxylic acids is 1. The molecule has 2 heterocycles. The maximum Gasteiger partial charge on any atom is 0.339 e. The lowest BCUT2D eigenvalue weighted by atomic mass is 9.87. The Morgan fingerprint density at radius 3 is 2.45 bits per heavy atom. The first-order valence-corrected chi connectivity index (χ1v) is 18.3. The van der Waals surface area contributed by atoms with Crippen LogP contribution in [0.2, 0.25) is 5.02 Å². The number of ether oxygens (including phenoxy) is 2. The van der Waals surface area contributed by atoms with Crippen molar-refractivity contribution in [2.45, 2.75) is 70.1 Å². The van der Waals surface area contributed by atoms with Crippen molar-refractivity contribution in [3.05, 3.63) is 94.0 Å². The van der Waals surface area contributed by atoms with E-state index in [2.05, 4.69) is 20.8 Å². The van der Waals surface area contributed by atoms with Crippen LogP contribution < -0.4 is 20.1 Å². The maximum absolute atomic E-state index is 13.4. The summed E-state index contributed by atoms with van der Waals surface area (Å²) in [4.78, 5) is 43.4. The zero-order valence-corrected chi connectivity index (χ0v) is 30.6. The van der Waals surface area contributed by atoms with Gasteiger partial charge in [0.25, 0.3) is 0 Å². The van der Waals surface area contributed by atoms with Gasteiger partial charge in [-0.05, 0) is 80.1 Å². The second kappa shape index (κ2) is 16.7. The Bertz CT molecular complexity index is 1940. The zero-order chi connectivity index (χ0) is 37.5. The van der Waals surface area contributed by atoms with Crippen LogP contribution in [-0.4, -0.2) is 77.0 Å². The van der Waals surface area contributed by atoms with Gasteiger partial charge in [0.2, 0.25) is 11.8 Å². The van der Waals surface area contributed by atoms with Crippen LogP contribution in [0, 0.1) is 11.8 Å². The van der Waals surface area contributed by atoms with Gasteiger partial charge in [-0.3, -0.25) is 14.6 Å². The van der Waals surface area contributed by atoms with E-state index in [9.17, 15) is 24.6 Å². The number of halogens is 1. The highest BCUT2D eigenvalue weighted by Crippen LogP contribution is 2.35. The van der Waals surface area contributed by atoms with Gasteiger partial charge < -0.3 is 30.3 Å². The zero-order valence-electron chi connectivity index (χ0n) is 29.8. The van der Waals surface area contributed by atoms with Crippen LogP contribution in [0.3, 0.4) is 0 Å². The van der Waals surface area contributed by atoms with Gasteiger partial charge in [-0.1, -0.05) is 54.8 Å². The molecule has 12 nitrogen and oxygen atoms in total. The molecular formula is C40H44ClN5O7. The molecule has 3 aromatic carbocycles. The third kappa shape index (κ3) is 8.94. The van der Waals surface area contributed by atoms with Gasteiger partial charge in [-0.15, -0.1) is 0 Å². The average molecular weight is 742 g/mol. The number of hydrogen-bond acceptors (Lipinski definition) is 9. The number of rotatable bonds is 13. The van der Waals surface area contributed by atoms with Gasteiger partial charge in [0.15, 0.2) is 5.60 Å². The van der Waals surface area contributed by atoms with Gasteiger partial charge in [-0.2, -0.15) is 10.2 Å². The number of nitrogens with zero attached hydrogens (tertiary/aromatic N) is 3. The molecule has 1 fully saturated rings. The maximum atomic E-state index is 13.4. The molecule has 0 radical (unpaired) electrons. The van der Waals surface area contributed by atoms with E-state index in [-0.39, 0.29) is 43.9 Å². The quantitative estimate of drug-likeness (QED) is 0.188. The van der Waals surface area contributed by atoms with Crippen LogP contribution in [0.1, 0.15) is 67.7 Å². The first-order valence-electron chi connectivity index (χ1n) is 17.9. The molecule has 13 heteroatoms. The van der Waals surface area contributed by atoms with E-state index in [4.69, 9.17) is 26.1 Å². The molecule has 3 atom stereocenters.